The van der Waals surface area contributed by atoms with Crippen LogP contribution in [0.25, 0.3) is 0 Å². The fourth-order valence-corrected chi connectivity index (χ4v) is 3.16. The van der Waals surface area contributed by atoms with Crippen molar-refractivity contribution in [2.24, 2.45) is 0 Å². The van der Waals surface area contributed by atoms with Crippen molar-refractivity contribution in [2.75, 3.05) is 0 Å². The summed E-state index contributed by atoms with van der Waals surface area (Å²) in [5, 5.41) is 0. The fraction of sp³-hybridized carbons (Fsp3) is 0.333. The number of rotatable bonds is 6. The monoisotopic (exact) mass is 403 g/mol. The van der Waals surface area contributed by atoms with E-state index in [1.807, 2.05) is 20.8 Å². The summed E-state index contributed by atoms with van der Waals surface area (Å²) in [5.41, 5.74) is 0.177. The lowest BCUT2D eigenvalue weighted by atomic mass is 10.1. The highest BCUT2D eigenvalue weighted by molar-refractivity contribution is 7.89. The van der Waals surface area contributed by atoms with Crippen molar-refractivity contribution < 1.29 is 31.1 Å². The van der Waals surface area contributed by atoms with E-state index in [2.05, 4.69) is 9.46 Å². The summed E-state index contributed by atoms with van der Waals surface area (Å²) < 4.78 is 73.2. The molecule has 5 nitrogen and oxygen atoms in total. The van der Waals surface area contributed by atoms with Crippen LogP contribution in [-0.4, -0.2) is 20.4 Å². The predicted octanol–water partition coefficient (Wildman–Crippen LogP) is 4.24. The van der Waals surface area contributed by atoms with Gasteiger partial charge in [0.1, 0.15) is 17.1 Å². The molecule has 9 heteroatoms. The van der Waals surface area contributed by atoms with Crippen LogP contribution in [0.2, 0.25) is 0 Å². The average molecular weight is 403 g/mol. The zero-order valence-electron chi connectivity index (χ0n) is 15.0. The van der Waals surface area contributed by atoms with Crippen LogP contribution in [0.1, 0.15) is 26.3 Å². The molecule has 0 bridgehead atoms. The van der Waals surface area contributed by atoms with Gasteiger partial charge in [0.2, 0.25) is 10.0 Å². The smallest absolute Gasteiger partial charge is 0.488 e. The Morgan fingerprint density at radius 1 is 0.926 bits per heavy atom. The molecule has 0 aliphatic rings. The molecule has 0 spiro atoms. The number of alkyl halides is 3. The van der Waals surface area contributed by atoms with Gasteiger partial charge in [0, 0.05) is 12.1 Å². The van der Waals surface area contributed by atoms with Crippen molar-refractivity contribution in [1.82, 2.24) is 4.72 Å². The summed E-state index contributed by atoms with van der Waals surface area (Å²) in [6.07, 6.45) is -4.84. The van der Waals surface area contributed by atoms with Gasteiger partial charge in [0.05, 0.1) is 4.90 Å². The van der Waals surface area contributed by atoms with Gasteiger partial charge >= 0.3 is 6.36 Å². The van der Waals surface area contributed by atoms with Gasteiger partial charge in [0.15, 0.2) is 0 Å². The molecule has 0 heterocycles. The van der Waals surface area contributed by atoms with Crippen LogP contribution in [0.5, 0.6) is 11.5 Å². The highest BCUT2D eigenvalue weighted by atomic mass is 32.2. The summed E-state index contributed by atoms with van der Waals surface area (Å²) in [7, 11) is -3.92. The van der Waals surface area contributed by atoms with Crippen molar-refractivity contribution in [3.63, 3.8) is 0 Å². The van der Waals surface area contributed by atoms with Crippen LogP contribution in [-0.2, 0) is 16.6 Å². The lowest BCUT2D eigenvalue weighted by Gasteiger charge is -2.23. The first-order valence-corrected chi connectivity index (χ1v) is 9.46. The third kappa shape index (κ3) is 6.76. The van der Waals surface area contributed by atoms with Crippen LogP contribution < -0.4 is 14.2 Å². The van der Waals surface area contributed by atoms with E-state index in [1.165, 1.54) is 0 Å². The second kappa shape index (κ2) is 7.77. The first kappa shape index (κ1) is 21.0. The minimum absolute atomic E-state index is 0.0324. The standard InChI is InChI=1S/C18H20F3NO4S/c1-17(2,3)26-16-7-5-4-6-13(16)12-22-27(23,24)15-10-8-14(9-11-15)25-18(19,20)21/h4-11,22H,12H2,1-3H3. The third-order valence-electron chi connectivity index (χ3n) is 3.21. The summed E-state index contributed by atoms with van der Waals surface area (Å²) in [4.78, 5) is -0.175. The van der Waals surface area contributed by atoms with Crippen LogP contribution in [0, 0.1) is 0 Å². The quantitative estimate of drug-likeness (QED) is 0.784. The second-order valence-corrected chi connectivity index (χ2v) is 8.43. The van der Waals surface area contributed by atoms with Crippen LogP contribution >= 0.6 is 0 Å². The Morgan fingerprint density at radius 2 is 1.52 bits per heavy atom. The summed E-state index contributed by atoms with van der Waals surface area (Å²) >= 11 is 0. The van der Waals surface area contributed by atoms with E-state index in [-0.39, 0.29) is 11.4 Å². The van der Waals surface area contributed by atoms with E-state index >= 15 is 0 Å². The van der Waals surface area contributed by atoms with Crippen molar-refractivity contribution >= 4 is 10.0 Å². The number of halogens is 3. The highest BCUT2D eigenvalue weighted by Crippen LogP contribution is 2.25. The zero-order chi connectivity index (χ0) is 20.3. The summed E-state index contributed by atoms with van der Waals surface area (Å²) in [5.74, 6) is 0.0481. The van der Waals surface area contributed by atoms with Gasteiger partial charge in [-0.2, -0.15) is 0 Å². The Morgan fingerprint density at radius 3 is 2.07 bits per heavy atom. The Kier molecular flexibility index (Phi) is 6.06. The highest BCUT2D eigenvalue weighted by Gasteiger charge is 2.31. The Balaban J connectivity index is 2.12. The summed E-state index contributed by atoms with van der Waals surface area (Å²) in [6.45, 7) is 5.59. The van der Waals surface area contributed by atoms with E-state index in [1.54, 1.807) is 24.3 Å². The van der Waals surface area contributed by atoms with Crippen LogP contribution in [0.15, 0.2) is 53.4 Å². The van der Waals surface area contributed by atoms with Crippen molar-refractivity contribution in [2.45, 2.75) is 44.2 Å². The SMILES string of the molecule is CC(C)(C)Oc1ccccc1CNS(=O)(=O)c1ccc(OC(F)(F)F)cc1. The van der Waals surface area contributed by atoms with Gasteiger partial charge in [-0.05, 0) is 51.1 Å². The lowest BCUT2D eigenvalue weighted by Crippen LogP contribution is -2.26. The predicted molar refractivity (Wildman–Crippen MR) is 94.0 cm³/mol. The van der Waals surface area contributed by atoms with Crippen molar-refractivity contribution in [3.8, 4) is 11.5 Å². The van der Waals surface area contributed by atoms with Gasteiger partial charge in [-0.1, -0.05) is 18.2 Å². The largest absolute Gasteiger partial charge is 0.573 e. The summed E-state index contributed by atoms with van der Waals surface area (Å²) in [6, 6.07) is 11.0. The maximum absolute atomic E-state index is 12.4. The number of para-hydroxylation sites is 1. The van der Waals surface area contributed by atoms with E-state index in [9.17, 15) is 21.6 Å². The van der Waals surface area contributed by atoms with E-state index in [4.69, 9.17) is 4.74 Å². The number of hydrogen-bond acceptors (Lipinski definition) is 4. The van der Waals surface area contributed by atoms with Gasteiger partial charge in [-0.15, -0.1) is 13.2 Å². The third-order valence-corrected chi connectivity index (χ3v) is 4.63. The number of ether oxygens (including phenoxy) is 2. The first-order valence-electron chi connectivity index (χ1n) is 7.98. The molecule has 2 aromatic carbocycles. The molecule has 0 unspecified atom stereocenters. The molecule has 1 N–H and O–H groups in total. The Labute approximate surface area is 156 Å². The molecule has 27 heavy (non-hydrogen) atoms. The average Bonchev–Trinajstić information content (AvgIpc) is 2.51. The minimum Gasteiger partial charge on any atom is -0.488 e. The topological polar surface area (TPSA) is 64.6 Å². The number of benzene rings is 2. The van der Waals surface area contributed by atoms with Crippen LogP contribution in [0.3, 0.4) is 0 Å². The molecule has 0 saturated heterocycles. The molecule has 0 aromatic heterocycles. The van der Waals surface area contributed by atoms with Gasteiger partial charge in [0.25, 0.3) is 0 Å². The van der Waals surface area contributed by atoms with E-state index < -0.39 is 27.7 Å². The minimum atomic E-state index is -4.84. The molecule has 0 aliphatic heterocycles. The maximum Gasteiger partial charge on any atom is 0.573 e. The molecule has 0 atom stereocenters. The molecular weight excluding hydrogens is 383 g/mol. The molecule has 0 amide bonds. The van der Waals surface area contributed by atoms with Gasteiger partial charge in [-0.3, -0.25) is 0 Å². The van der Waals surface area contributed by atoms with E-state index in [0.717, 1.165) is 24.3 Å². The second-order valence-electron chi connectivity index (χ2n) is 6.67. The van der Waals surface area contributed by atoms with Crippen molar-refractivity contribution in [1.29, 1.82) is 0 Å². The zero-order valence-corrected chi connectivity index (χ0v) is 15.8. The normalized spacial score (nSPS) is 12.7. The van der Waals surface area contributed by atoms with Gasteiger partial charge in [-0.25, -0.2) is 13.1 Å². The molecule has 2 aromatic rings. The van der Waals surface area contributed by atoms with Crippen LogP contribution in [0.4, 0.5) is 13.2 Å². The van der Waals surface area contributed by atoms with Gasteiger partial charge < -0.3 is 9.47 Å². The van der Waals surface area contributed by atoms with E-state index in [0.29, 0.717) is 11.3 Å². The van der Waals surface area contributed by atoms with Crippen molar-refractivity contribution in [3.05, 3.63) is 54.1 Å². The number of nitrogens with one attached hydrogen (secondary N) is 1. The fourth-order valence-electron chi connectivity index (χ4n) is 2.16. The Bertz CT molecular complexity index is 873. The molecule has 0 radical (unpaired) electrons. The molecule has 2 rings (SSSR count). The lowest BCUT2D eigenvalue weighted by molar-refractivity contribution is -0.274. The Hall–Kier alpha value is -2.26. The number of sulfonamides is 1. The first-order chi connectivity index (χ1) is 12.4. The maximum atomic E-state index is 12.4. The molecule has 0 fully saturated rings. The molecule has 0 saturated carbocycles. The molecule has 0 aliphatic carbocycles. The molecular formula is C18H20F3NO4S. The molecule has 148 valence electrons. The number of hydrogen-bond donors (Lipinski definition) is 1.